The summed E-state index contributed by atoms with van der Waals surface area (Å²) in [6.45, 7) is 2.91. The van der Waals surface area contributed by atoms with E-state index in [1.807, 2.05) is 6.07 Å². The van der Waals surface area contributed by atoms with Crippen LogP contribution in [0, 0.1) is 5.92 Å². The van der Waals surface area contributed by atoms with Gasteiger partial charge in [-0.05, 0) is 87.1 Å². The average Bonchev–Trinajstić information content (AvgIpc) is 3.03. The first kappa shape index (κ1) is 18.5. The molecule has 0 aromatic heterocycles. The molecule has 0 radical (unpaired) electrons. The van der Waals surface area contributed by atoms with Crippen molar-refractivity contribution in [1.82, 2.24) is 10.2 Å². The lowest BCUT2D eigenvalue weighted by Crippen LogP contribution is -2.38. The fourth-order valence-electron chi connectivity index (χ4n) is 5.14. The number of hydrogen-bond donors (Lipinski definition) is 2. The van der Waals surface area contributed by atoms with E-state index in [9.17, 15) is 9.59 Å². The number of piperidine rings is 1. The second-order valence-corrected chi connectivity index (χ2v) is 8.48. The Balaban J connectivity index is 1.38. The Kier molecular flexibility index (Phi) is 5.48. The van der Waals surface area contributed by atoms with Crippen LogP contribution in [0.3, 0.4) is 0 Å². The number of carbonyl (C=O) groups excluding carboxylic acids is 1. The van der Waals surface area contributed by atoms with Gasteiger partial charge in [0.25, 0.3) is 5.91 Å². The van der Waals surface area contributed by atoms with Crippen molar-refractivity contribution in [1.29, 1.82) is 0 Å². The SMILES string of the molecule is O=C(O)CCC1CCC(N2Cc3cc(C4CCNCC4)ccc3C2=O)CC1. The maximum Gasteiger partial charge on any atom is 0.303 e. The molecule has 2 aliphatic heterocycles. The van der Waals surface area contributed by atoms with Crippen molar-refractivity contribution in [2.45, 2.75) is 69.9 Å². The highest BCUT2D eigenvalue weighted by atomic mass is 16.4. The number of carbonyl (C=O) groups is 2. The van der Waals surface area contributed by atoms with Crippen molar-refractivity contribution in [3.63, 3.8) is 0 Å². The van der Waals surface area contributed by atoms with Gasteiger partial charge in [0, 0.05) is 24.6 Å². The smallest absolute Gasteiger partial charge is 0.303 e. The Morgan fingerprint density at radius 3 is 2.56 bits per heavy atom. The summed E-state index contributed by atoms with van der Waals surface area (Å²) in [7, 11) is 0. The minimum absolute atomic E-state index is 0.191. The number of rotatable bonds is 5. The van der Waals surface area contributed by atoms with Crippen molar-refractivity contribution >= 4 is 11.9 Å². The molecular formula is C22H30N2O3. The van der Waals surface area contributed by atoms with Crippen LogP contribution in [0.25, 0.3) is 0 Å². The number of fused-ring (bicyclic) bond motifs is 1. The molecule has 5 nitrogen and oxygen atoms in total. The summed E-state index contributed by atoms with van der Waals surface area (Å²) in [5.74, 6) is 0.608. The number of carboxylic acid groups (broad SMARTS) is 1. The minimum atomic E-state index is -0.702. The number of carboxylic acids is 1. The summed E-state index contributed by atoms with van der Waals surface area (Å²) >= 11 is 0. The predicted octanol–water partition coefficient (Wildman–Crippen LogP) is 3.53. The second kappa shape index (κ2) is 8.01. The van der Waals surface area contributed by atoms with Crippen LogP contribution in [0.15, 0.2) is 18.2 Å². The fraction of sp³-hybridized carbons (Fsp3) is 0.636. The van der Waals surface area contributed by atoms with Gasteiger partial charge in [-0.2, -0.15) is 0 Å². The molecular weight excluding hydrogens is 340 g/mol. The van der Waals surface area contributed by atoms with Crippen molar-refractivity contribution in [2.24, 2.45) is 5.92 Å². The van der Waals surface area contributed by atoms with E-state index in [-0.39, 0.29) is 12.3 Å². The van der Waals surface area contributed by atoms with Crippen LogP contribution in [-0.4, -0.2) is 41.0 Å². The third-order valence-electron chi connectivity index (χ3n) is 6.80. The fourth-order valence-corrected chi connectivity index (χ4v) is 5.14. The van der Waals surface area contributed by atoms with Crippen molar-refractivity contribution < 1.29 is 14.7 Å². The number of nitrogens with one attached hydrogen (secondary N) is 1. The maximum atomic E-state index is 12.9. The van der Waals surface area contributed by atoms with E-state index in [0.717, 1.165) is 57.3 Å². The molecule has 146 valence electrons. The summed E-state index contributed by atoms with van der Waals surface area (Å²) in [5, 5.41) is 12.3. The Morgan fingerprint density at radius 1 is 1.11 bits per heavy atom. The average molecular weight is 370 g/mol. The van der Waals surface area contributed by atoms with Crippen molar-refractivity contribution in [3.8, 4) is 0 Å². The first-order chi connectivity index (χ1) is 13.1. The van der Waals surface area contributed by atoms with E-state index in [0.29, 0.717) is 17.9 Å². The lowest BCUT2D eigenvalue weighted by Gasteiger charge is -2.34. The predicted molar refractivity (Wildman–Crippen MR) is 104 cm³/mol. The first-order valence-electron chi connectivity index (χ1n) is 10.5. The van der Waals surface area contributed by atoms with Gasteiger partial charge in [-0.3, -0.25) is 9.59 Å². The molecule has 1 saturated carbocycles. The van der Waals surface area contributed by atoms with Crippen LogP contribution in [0.5, 0.6) is 0 Å². The number of nitrogens with zero attached hydrogens (tertiary/aromatic N) is 1. The van der Waals surface area contributed by atoms with Crippen LogP contribution in [-0.2, 0) is 11.3 Å². The van der Waals surface area contributed by atoms with E-state index in [2.05, 4.69) is 22.3 Å². The van der Waals surface area contributed by atoms with Crippen LogP contribution < -0.4 is 5.32 Å². The van der Waals surface area contributed by atoms with E-state index < -0.39 is 5.97 Å². The number of hydrogen-bond acceptors (Lipinski definition) is 3. The van der Waals surface area contributed by atoms with Gasteiger partial charge in [0.15, 0.2) is 0 Å². The molecule has 4 rings (SSSR count). The Morgan fingerprint density at radius 2 is 1.85 bits per heavy atom. The summed E-state index contributed by atoms with van der Waals surface area (Å²) in [5.41, 5.74) is 3.48. The molecule has 1 saturated heterocycles. The normalized spacial score (nSPS) is 26.2. The molecule has 0 unspecified atom stereocenters. The van der Waals surface area contributed by atoms with Crippen LogP contribution in [0.2, 0.25) is 0 Å². The monoisotopic (exact) mass is 370 g/mol. The van der Waals surface area contributed by atoms with Gasteiger partial charge in [-0.15, -0.1) is 0 Å². The van der Waals surface area contributed by atoms with Crippen LogP contribution in [0.1, 0.15) is 78.8 Å². The molecule has 5 heteroatoms. The summed E-state index contributed by atoms with van der Waals surface area (Å²) in [6.07, 6.45) is 7.49. The Bertz CT molecular complexity index is 704. The first-order valence-corrected chi connectivity index (χ1v) is 10.5. The quantitative estimate of drug-likeness (QED) is 0.832. The Labute approximate surface area is 161 Å². The molecule has 0 spiro atoms. The molecule has 1 aromatic carbocycles. The van der Waals surface area contributed by atoms with Gasteiger partial charge in [0.2, 0.25) is 0 Å². The summed E-state index contributed by atoms with van der Waals surface area (Å²) in [6, 6.07) is 6.81. The highest BCUT2D eigenvalue weighted by molar-refractivity contribution is 5.98. The topological polar surface area (TPSA) is 69.6 Å². The number of aliphatic carboxylic acids is 1. The van der Waals surface area contributed by atoms with Crippen molar-refractivity contribution in [3.05, 3.63) is 34.9 Å². The molecule has 3 aliphatic rings. The largest absolute Gasteiger partial charge is 0.481 e. The molecule has 2 heterocycles. The van der Waals surface area contributed by atoms with E-state index >= 15 is 0 Å². The highest BCUT2D eigenvalue weighted by Gasteiger charge is 2.35. The van der Waals surface area contributed by atoms with E-state index in [4.69, 9.17) is 5.11 Å². The van der Waals surface area contributed by atoms with Crippen LogP contribution >= 0.6 is 0 Å². The zero-order valence-electron chi connectivity index (χ0n) is 16.0. The summed E-state index contributed by atoms with van der Waals surface area (Å²) in [4.78, 5) is 25.8. The van der Waals surface area contributed by atoms with Gasteiger partial charge in [0.1, 0.15) is 0 Å². The maximum absolute atomic E-state index is 12.9. The highest BCUT2D eigenvalue weighted by Crippen LogP contribution is 2.36. The molecule has 2 fully saturated rings. The Hall–Kier alpha value is -1.88. The standard InChI is InChI=1S/C22H30N2O3/c25-21(26)8-3-15-1-5-19(6-2-15)24-14-18-13-17(4-7-20(18)22(24)27)16-9-11-23-12-10-16/h4,7,13,15-16,19,23H,1-3,5-6,8-12,14H2,(H,25,26). The molecule has 2 N–H and O–H groups in total. The lowest BCUT2D eigenvalue weighted by molar-refractivity contribution is -0.137. The molecule has 1 aromatic rings. The zero-order valence-corrected chi connectivity index (χ0v) is 16.0. The molecule has 1 amide bonds. The van der Waals surface area contributed by atoms with Gasteiger partial charge in [-0.1, -0.05) is 12.1 Å². The zero-order chi connectivity index (χ0) is 18.8. The van der Waals surface area contributed by atoms with Gasteiger partial charge >= 0.3 is 5.97 Å². The van der Waals surface area contributed by atoms with E-state index in [1.54, 1.807) is 0 Å². The van der Waals surface area contributed by atoms with Crippen molar-refractivity contribution in [2.75, 3.05) is 13.1 Å². The molecule has 27 heavy (non-hydrogen) atoms. The second-order valence-electron chi connectivity index (χ2n) is 8.48. The van der Waals surface area contributed by atoms with Gasteiger partial charge < -0.3 is 15.3 Å². The lowest BCUT2D eigenvalue weighted by atomic mass is 9.83. The third kappa shape index (κ3) is 4.03. The van der Waals surface area contributed by atoms with E-state index in [1.165, 1.54) is 24.0 Å². The molecule has 0 atom stereocenters. The third-order valence-corrected chi connectivity index (χ3v) is 6.80. The molecule has 0 bridgehead atoms. The number of benzene rings is 1. The minimum Gasteiger partial charge on any atom is -0.481 e. The van der Waals surface area contributed by atoms with Crippen LogP contribution in [0.4, 0.5) is 0 Å². The summed E-state index contributed by atoms with van der Waals surface area (Å²) < 4.78 is 0. The molecule has 1 aliphatic carbocycles. The van der Waals surface area contributed by atoms with Gasteiger partial charge in [0.05, 0.1) is 0 Å². The van der Waals surface area contributed by atoms with Gasteiger partial charge in [-0.25, -0.2) is 0 Å². The number of amides is 1.